The first-order valence-corrected chi connectivity index (χ1v) is 15.9. The van der Waals surface area contributed by atoms with Gasteiger partial charge >= 0.3 is 5.97 Å². The minimum absolute atomic E-state index is 0.0184. The molecule has 0 spiro atoms. The number of fused-ring (bicyclic) bond motifs is 1. The van der Waals surface area contributed by atoms with Crippen LogP contribution in [0.4, 0.5) is 0 Å². The molecule has 214 valence electrons. The summed E-state index contributed by atoms with van der Waals surface area (Å²) in [7, 11) is 0. The van der Waals surface area contributed by atoms with Crippen LogP contribution in [0.15, 0.2) is 103 Å². The van der Waals surface area contributed by atoms with Gasteiger partial charge in [-0.3, -0.25) is 0 Å². The standard InChI is InChI=1S/C36H28Cl2N2O2S/c37-28-11-6-23(7-12-28)34(24-8-13-29(38)14-9-24)27-10-15-30-31(21-27)40(35(39-30)25-4-5-25)19-18-22-2-1-3-26(20-22)32-16-17-33(43-32)36(41)42/h1-3,6-17,20-21,25,34H,4-5,18-19H2,(H,41,42). The van der Waals surface area contributed by atoms with Gasteiger partial charge in [0.15, 0.2) is 0 Å². The minimum Gasteiger partial charge on any atom is -0.477 e. The molecule has 1 aliphatic rings. The number of aryl methyl sites for hydroxylation is 2. The smallest absolute Gasteiger partial charge is 0.345 e. The second-order valence-corrected chi connectivity index (χ2v) is 13.1. The van der Waals surface area contributed by atoms with Crippen LogP contribution in [0.2, 0.25) is 10.0 Å². The number of nitrogens with zero attached hydrogens (tertiary/aromatic N) is 2. The third kappa shape index (κ3) is 5.85. The van der Waals surface area contributed by atoms with Crippen LogP contribution in [0.5, 0.6) is 0 Å². The molecule has 4 aromatic carbocycles. The van der Waals surface area contributed by atoms with Crippen molar-refractivity contribution in [1.29, 1.82) is 0 Å². The van der Waals surface area contributed by atoms with Crippen LogP contribution in [-0.4, -0.2) is 20.6 Å². The zero-order valence-corrected chi connectivity index (χ0v) is 25.5. The summed E-state index contributed by atoms with van der Waals surface area (Å²) in [5, 5.41) is 10.8. The zero-order valence-electron chi connectivity index (χ0n) is 23.2. The number of rotatable bonds is 9. The molecular formula is C36H28Cl2N2O2S. The van der Waals surface area contributed by atoms with Crippen molar-refractivity contribution in [2.45, 2.75) is 37.6 Å². The Bertz CT molecular complexity index is 1890. The molecule has 6 aromatic rings. The van der Waals surface area contributed by atoms with Gasteiger partial charge in [-0.15, -0.1) is 11.3 Å². The van der Waals surface area contributed by atoms with E-state index in [4.69, 9.17) is 28.2 Å². The summed E-state index contributed by atoms with van der Waals surface area (Å²) < 4.78 is 2.41. The van der Waals surface area contributed by atoms with Gasteiger partial charge in [-0.1, -0.05) is 77.8 Å². The number of halogens is 2. The number of aromatic carboxylic acids is 1. The van der Waals surface area contributed by atoms with Crippen molar-refractivity contribution >= 4 is 51.5 Å². The van der Waals surface area contributed by atoms with Crippen molar-refractivity contribution in [3.63, 3.8) is 0 Å². The fourth-order valence-electron chi connectivity index (χ4n) is 5.84. The second-order valence-electron chi connectivity index (χ2n) is 11.1. The van der Waals surface area contributed by atoms with E-state index < -0.39 is 5.97 Å². The summed E-state index contributed by atoms with van der Waals surface area (Å²) in [5.74, 6) is 0.804. The number of carboxylic acids is 1. The van der Waals surface area contributed by atoms with Gasteiger partial charge in [0.05, 0.1) is 11.0 Å². The largest absolute Gasteiger partial charge is 0.477 e. The van der Waals surface area contributed by atoms with E-state index in [2.05, 4.69) is 65.2 Å². The molecule has 1 fully saturated rings. The Balaban J connectivity index is 1.25. The molecular weight excluding hydrogens is 595 g/mol. The Morgan fingerprint density at radius 3 is 2.16 bits per heavy atom. The van der Waals surface area contributed by atoms with E-state index in [1.807, 2.05) is 36.4 Å². The van der Waals surface area contributed by atoms with Crippen molar-refractivity contribution in [2.24, 2.45) is 0 Å². The molecule has 1 aliphatic carbocycles. The highest BCUT2D eigenvalue weighted by atomic mass is 35.5. The number of carboxylic acid groups (broad SMARTS) is 1. The molecule has 1 N–H and O–H groups in total. The molecule has 43 heavy (non-hydrogen) atoms. The van der Waals surface area contributed by atoms with Crippen molar-refractivity contribution < 1.29 is 9.90 Å². The summed E-state index contributed by atoms with van der Waals surface area (Å²) in [6.45, 7) is 0.812. The third-order valence-corrected chi connectivity index (χ3v) is 9.76. The summed E-state index contributed by atoms with van der Waals surface area (Å²) in [6.07, 6.45) is 3.19. The first-order chi connectivity index (χ1) is 20.9. The highest BCUT2D eigenvalue weighted by Gasteiger charge is 2.30. The SMILES string of the molecule is O=C(O)c1ccc(-c2cccc(CCn3c(C4CC4)nc4ccc(C(c5ccc(Cl)cc5)c5ccc(Cl)cc5)cc43)c2)s1. The molecule has 0 amide bonds. The van der Waals surface area contributed by atoms with Crippen LogP contribution in [0.3, 0.4) is 0 Å². The maximum absolute atomic E-state index is 11.4. The van der Waals surface area contributed by atoms with Crippen LogP contribution in [0.1, 0.15) is 62.4 Å². The first kappa shape index (κ1) is 27.9. The molecule has 7 heteroatoms. The van der Waals surface area contributed by atoms with Crippen LogP contribution in [0, 0.1) is 0 Å². The molecule has 2 heterocycles. The Morgan fingerprint density at radius 2 is 1.53 bits per heavy atom. The number of thiophene rings is 1. The number of hydrogen-bond donors (Lipinski definition) is 1. The van der Waals surface area contributed by atoms with Crippen LogP contribution in [0.25, 0.3) is 21.5 Å². The average Bonchev–Trinajstić information content (AvgIpc) is 3.61. The maximum Gasteiger partial charge on any atom is 0.345 e. The lowest BCUT2D eigenvalue weighted by Gasteiger charge is -2.20. The normalized spacial score (nSPS) is 13.2. The molecule has 7 rings (SSSR count). The summed E-state index contributed by atoms with van der Waals surface area (Å²) in [6, 6.07) is 34.8. The molecule has 0 unspecified atom stereocenters. The number of aromatic nitrogens is 2. The number of benzene rings is 4. The molecule has 4 nitrogen and oxygen atoms in total. The van der Waals surface area contributed by atoms with E-state index in [1.54, 1.807) is 6.07 Å². The Morgan fingerprint density at radius 1 is 0.860 bits per heavy atom. The van der Waals surface area contributed by atoms with Gasteiger partial charge in [0.25, 0.3) is 0 Å². The van der Waals surface area contributed by atoms with Gasteiger partial charge in [-0.05, 0) is 95.6 Å². The maximum atomic E-state index is 11.4. The van der Waals surface area contributed by atoms with E-state index in [0.717, 1.165) is 45.6 Å². The number of hydrogen-bond acceptors (Lipinski definition) is 3. The molecule has 0 bridgehead atoms. The fourth-order valence-corrected chi connectivity index (χ4v) is 6.94. The van der Waals surface area contributed by atoms with E-state index >= 15 is 0 Å². The first-order valence-electron chi connectivity index (χ1n) is 14.4. The van der Waals surface area contributed by atoms with Gasteiger partial charge in [0.1, 0.15) is 10.7 Å². The zero-order chi connectivity index (χ0) is 29.5. The van der Waals surface area contributed by atoms with Crippen molar-refractivity contribution in [1.82, 2.24) is 9.55 Å². The lowest BCUT2D eigenvalue weighted by atomic mass is 9.85. The monoisotopic (exact) mass is 622 g/mol. The van der Waals surface area contributed by atoms with Crippen LogP contribution >= 0.6 is 34.5 Å². The Labute approximate surface area is 264 Å². The van der Waals surface area contributed by atoms with E-state index in [0.29, 0.717) is 20.8 Å². The van der Waals surface area contributed by atoms with Gasteiger partial charge in [-0.25, -0.2) is 9.78 Å². The summed E-state index contributed by atoms with van der Waals surface area (Å²) in [4.78, 5) is 17.8. The number of imidazole rings is 1. The van der Waals surface area contributed by atoms with Crippen molar-refractivity contribution in [3.05, 3.63) is 146 Å². The van der Waals surface area contributed by atoms with Gasteiger partial charge in [0.2, 0.25) is 0 Å². The lowest BCUT2D eigenvalue weighted by Crippen LogP contribution is -2.07. The van der Waals surface area contributed by atoms with Crippen LogP contribution < -0.4 is 0 Å². The quantitative estimate of drug-likeness (QED) is 0.163. The number of carbonyl (C=O) groups is 1. The molecule has 2 aromatic heterocycles. The highest BCUT2D eigenvalue weighted by molar-refractivity contribution is 7.17. The fraction of sp³-hybridized carbons (Fsp3) is 0.167. The average molecular weight is 624 g/mol. The lowest BCUT2D eigenvalue weighted by molar-refractivity contribution is 0.0702. The minimum atomic E-state index is -0.888. The molecule has 0 atom stereocenters. The summed E-state index contributed by atoms with van der Waals surface area (Å²) >= 11 is 13.8. The van der Waals surface area contributed by atoms with E-state index in [-0.39, 0.29) is 5.92 Å². The third-order valence-electron chi connectivity index (χ3n) is 8.14. The molecule has 0 saturated heterocycles. The predicted molar refractivity (Wildman–Crippen MR) is 176 cm³/mol. The van der Waals surface area contributed by atoms with E-state index in [9.17, 15) is 9.90 Å². The molecule has 1 saturated carbocycles. The summed E-state index contributed by atoms with van der Waals surface area (Å²) in [5.41, 5.74) is 7.94. The van der Waals surface area contributed by atoms with Gasteiger partial charge in [-0.2, -0.15) is 0 Å². The van der Waals surface area contributed by atoms with E-state index in [1.165, 1.54) is 41.1 Å². The highest BCUT2D eigenvalue weighted by Crippen LogP contribution is 2.42. The van der Waals surface area contributed by atoms with Gasteiger partial charge < -0.3 is 9.67 Å². The Hall–Kier alpha value is -3.90. The van der Waals surface area contributed by atoms with Crippen molar-refractivity contribution in [3.8, 4) is 10.4 Å². The topological polar surface area (TPSA) is 55.1 Å². The van der Waals surface area contributed by atoms with Crippen LogP contribution in [-0.2, 0) is 13.0 Å². The van der Waals surface area contributed by atoms with Gasteiger partial charge in [0, 0.05) is 33.3 Å². The molecule has 0 aliphatic heterocycles. The molecule has 0 radical (unpaired) electrons. The predicted octanol–water partition coefficient (Wildman–Crippen LogP) is 10.1. The second kappa shape index (κ2) is 11.6. The van der Waals surface area contributed by atoms with Crippen molar-refractivity contribution in [2.75, 3.05) is 0 Å². The Kier molecular flexibility index (Phi) is 7.56.